The van der Waals surface area contributed by atoms with Crippen molar-refractivity contribution >= 4 is 32.6 Å². The maximum absolute atomic E-state index is 13.6. The number of oxazole rings is 1. The lowest BCUT2D eigenvalue weighted by molar-refractivity contribution is 0.444. The van der Waals surface area contributed by atoms with E-state index in [4.69, 9.17) is 16.0 Å². The van der Waals surface area contributed by atoms with Crippen molar-refractivity contribution in [3.63, 3.8) is 0 Å². The second-order valence-electron chi connectivity index (χ2n) is 6.53. The Morgan fingerprint density at radius 1 is 1.21 bits per heavy atom. The van der Waals surface area contributed by atoms with Gasteiger partial charge in [-0.1, -0.05) is 17.7 Å². The van der Waals surface area contributed by atoms with Crippen molar-refractivity contribution in [2.24, 2.45) is 5.92 Å². The third-order valence-electron chi connectivity index (χ3n) is 4.31. The summed E-state index contributed by atoms with van der Waals surface area (Å²) in [5.74, 6) is -0.0136. The lowest BCUT2D eigenvalue weighted by Gasteiger charge is -2.08. The average molecular weight is 440 g/mol. The minimum atomic E-state index is -4.09. The van der Waals surface area contributed by atoms with Crippen LogP contribution in [0.2, 0.25) is 5.02 Å². The first kappa shape index (κ1) is 19.4. The molecule has 1 aliphatic rings. The summed E-state index contributed by atoms with van der Waals surface area (Å²) < 4.78 is 58.2. The Bertz CT molecular complexity index is 1110. The van der Waals surface area contributed by atoms with Crippen molar-refractivity contribution in [1.29, 1.82) is 0 Å². The zero-order valence-electron chi connectivity index (χ0n) is 14.5. The predicted molar refractivity (Wildman–Crippen MR) is 103 cm³/mol. The Kier molecular flexibility index (Phi) is 5.22. The molecule has 1 aromatic heterocycles. The summed E-state index contributed by atoms with van der Waals surface area (Å²) in [4.78, 5) is 4.05. The molecule has 0 bridgehead atoms. The molecular weight excluding hydrogens is 425 g/mol. The average Bonchev–Trinajstić information content (AvgIpc) is 3.35. The van der Waals surface area contributed by atoms with Crippen LogP contribution in [0.25, 0.3) is 11.5 Å². The van der Waals surface area contributed by atoms with E-state index in [0.717, 1.165) is 12.8 Å². The van der Waals surface area contributed by atoms with Gasteiger partial charge >= 0.3 is 5.09 Å². The van der Waals surface area contributed by atoms with Crippen molar-refractivity contribution in [2.75, 3.05) is 5.75 Å². The maximum atomic E-state index is 13.6. The zero-order valence-corrected chi connectivity index (χ0v) is 16.9. The molecule has 0 aliphatic heterocycles. The van der Waals surface area contributed by atoms with E-state index in [1.54, 1.807) is 6.07 Å². The molecule has 1 heterocycles. The Labute approximate surface area is 169 Å². The first-order valence-corrected chi connectivity index (χ1v) is 11.7. The van der Waals surface area contributed by atoms with Gasteiger partial charge < -0.3 is 8.97 Å². The summed E-state index contributed by atoms with van der Waals surface area (Å²) in [6, 6.07) is 11.0. The van der Waals surface area contributed by atoms with Gasteiger partial charge in [0.15, 0.2) is 0 Å². The summed E-state index contributed by atoms with van der Waals surface area (Å²) >= 11 is 4.17. The number of hydrogen-bond acceptors (Lipinski definition) is 5. The molecule has 2 aromatic carbocycles. The van der Waals surface area contributed by atoms with Gasteiger partial charge in [-0.15, -0.1) is 0 Å². The third kappa shape index (κ3) is 3.96. The number of benzene rings is 2. The van der Waals surface area contributed by atoms with E-state index >= 15 is 0 Å². The van der Waals surface area contributed by atoms with Crippen LogP contribution in [0.3, 0.4) is 0 Å². The van der Waals surface area contributed by atoms with Gasteiger partial charge in [-0.05, 0) is 55.3 Å². The molecular formula is C19H15ClFNO4S2. The molecule has 0 radical (unpaired) electrons. The van der Waals surface area contributed by atoms with E-state index in [2.05, 4.69) is 4.98 Å². The van der Waals surface area contributed by atoms with Crippen molar-refractivity contribution < 1.29 is 21.8 Å². The quantitative estimate of drug-likeness (QED) is 0.528. The molecule has 9 heteroatoms. The van der Waals surface area contributed by atoms with Crippen LogP contribution in [0.4, 0.5) is 4.39 Å². The SMILES string of the molecule is O=S(=O)(c1ccc(Cl)cc1)c1nc(-c2cccc(F)c2)oc1[S+]([O-])CC1CC1. The summed E-state index contributed by atoms with van der Waals surface area (Å²) in [5, 5.41) is -0.230. The number of rotatable bonds is 6. The highest BCUT2D eigenvalue weighted by Gasteiger charge is 2.38. The second kappa shape index (κ2) is 7.51. The number of nitrogens with zero attached hydrogens (tertiary/aromatic N) is 1. The highest BCUT2D eigenvalue weighted by Crippen LogP contribution is 2.37. The first-order chi connectivity index (χ1) is 13.3. The minimum absolute atomic E-state index is 0.0411. The normalized spacial score (nSPS) is 15.5. The molecule has 1 atom stereocenters. The molecule has 1 saturated carbocycles. The lowest BCUT2D eigenvalue weighted by Crippen LogP contribution is -2.13. The number of aromatic nitrogens is 1. The summed E-state index contributed by atoms with van der Waals surface area (Å²) in [5.41, 5.74) is 0.266. The van der Waals surface area contributed by atoms with Gasteiger partial charge in [-0.3, -0.25) is 0 Å². The third-order valence-corrected chi connectivity index (χ3v) is 7.83. The predicted octanol–water partition coefficient (Wildman–Crippen LogP) is 4.48. The van der Waals surface area contributed by atoms with Crippen molar-refractivity contribution in [2.45, 2.75) is 27.9 Å². The molecule has 3 aromatic rings. The molecule has 1 aliphatic carbocycles. The molecule has 0 N–H and O–H groups in total. The highest BCUT2D eigenvalue weighted by atomic mass is 35.5. The topological polar surface area (TPSA) is 83.2 Å². The standard InChI is InChI=1S/C19H15ClFNO4S2/c20-14-6-8-16(9-7-14)28(24,25)18-19(27(23)11-12-4-5-12)26-17(22-18)13-2-1-3-15(21)10-13/h1-3,6-10,12H,4-5,11H2. The Balaban J connectivity index is 1.82. The van der Waals surface area contributed by atoms with Crippen LogP contribution in [0.1, 0.15) is 12.8 Å². The molecule has 5 nitrogen and oxygen atoms in total. The van der Waals surface area contributed by atoms with Gasteiger partial charge in [0.2, 0.25) is 15.7 Å². The van der Waals surface area contributed by atoms with Gasteiger partial charge in [0.05, 0.1) is 4.90 Å². The Hall–Kier alpha value is -1.87. The van der Waals surface area contributed by atoms with Gasteiger partial charge in [0.25, 0.3) is 5.03 Å². The molecule has 146 valence electrons. The molecule has 28 heavy (non-hydrogen) atoms. The van der Waals surface area contributed by atoms with E-state index in [-0.39, 0.29) is 27.4 Å². The van der Waals surface area contributed by atoms with Gasteiger partial charge in [-0.25, -0.2) is 12.8 Å². The molecule has 0 saturated heterocycles. The van der Waals surface area contributed by atoms with Crippen LogP contribution >= 0.6 is 11.6 Å². The molecule has 4 rings (SSSR count). The van der Waals surface area contributed by atoms with Crippen LogP contribution in [-0.4, -0.2) is 23.7 Å². The van der Waals surface area contributed by atoms with E-state index in [9.17, 15) is 17.4 Å². The Morgan fingerprint density at radius 3 is 2.57 bits per heavy atom. The number of hydrogen-bond donors (Lipinski definition) is 0. The van der Waals surface area contributed by atoms with E-state index < -0.39 is 31.9 Å². The fraction of sp³-hybridized carbons (Fsp3) is 0.211. The minimum Gasteiger partial charge on any atom is -0.609 e. The highest BCUT2D eigenvalue weighted by molar-refractivity contribution is 7.94. The van der Waals surface area contributed by atoms with Crippen molar-refractivity contribution in [1.82, 2.24) is 4.98 Å². The van der Waals surface area contributed by atoms with Crippen molar-refractivity contribution in [3.8, 4) is 11.5 Å². The Morgan fingerprint density at radius 2 is 1.93 bits per heavy atom. The maximum Gasteiger partial charge on any atom is 0.351 e. The van der Waals surface area contributed by atoms with E-state index in [0.29, 0.717) is 10.8 Å². The fourth-order valence-corrected chi connectivity index (χ4v) is 5.89. The van der Waals surface area contributed by atoms with Crippen LogP contribution in [0, 0.1) is 11.7 Å². The van der Waals surface area contributed by atoms with Crippen molar-refractivity contribution in [3.05, 3.63) is 59.4 Å². The molecule has 0 spiro atoms. The molecule has 1 fully saturated rings. The van der Waals surface area contributed by atoms with Gasteiger partial charge in [0.1, 0.15) is 11.6 Å². The van der Waals surface area contributed by atoms with Crippen LogP contribution in [0.15, 0.2) is 68.0 Å². The van der Waals surface area contributed by atoms with Gasteiger partial charge in [-0.2, -0.15) is 4.98 Å². The monoisotopic (exact) mass is 439 g/mol. The number of halogens is 2. The van der Waals surface area contributed by atoms with E-state index in [1.807, 2.05) is 0 Å². The summed E-state index contributed by atoms with van der Waals surface area (Å²) in [7, 11) is -4.09. The summed E-state index contributed by atoms with van der Waals surface area (Å²) in [6.07, 6.45) is 1.91. The lowest BCUT2D eigenvalue weighted by atomic mass is 10.2. The molecule has 1 unspecified atom stereocenters. The number of sulfone groups is 1. The zero-order chi connectivity index (χ0) is 19.9. The van der Waals surface area contributed by atoms with Crippen LogP contribution in [-0.2, 0) is 21.0 Å². The van der Waals surface area contributed by atoms with E-state index in [1.165, 1.54) is 42.5 Å². The second-order valence-corrected chi connectivity index (χ2v) is 10.2. The van der Waals surface area contributed by atoms with Crippen LogP contribution in [0.5, 0.6) is 0 Å². The van der Waals surface area contributed by atoms with Crippen LogP contribution < -0.4 is 0 Å². The first-order valence-electron chi connectivity index (χ1n) is 8.50. The fourth-order valence-electron chi connectivity index (χ4n) is 2.65. The molecule has 0 amide bonds. The summed E-state index contributed by atoms with van der Waals surface area (Å²) in [6.45, 7) is 0. The smallest absolute Gasteiger partial charge is 0.351 e. The van der Waals surface area contributed by atoms with Gasteiger partial charge in [0, 0.05) is 27.7 Å². The largest absolute Gasteiger partial charge is 0.609 e.